The second-order valence-electron chi connectivity index (χ2n) is 3.44. The third-order valence-corrected chi connectivity index (χ3v) is 3.30. The van der Waals surface area contributed by atoms with Gasteiger partial charge in [0.05, 0.1) is 34.9 Å². The van der Waals surface area contributed by atoms with E-state index in [1.54, 1.807) is 11.0 Å². The van der Waals surface area contributed by atoms with Gasteiger partial charge in [0.1, 0.15) is 5.82 Å². The Morgan fingerprint density at radius 3 is 2.73 bits per heavy atom. The van der Waals surface area contributed by atoms with E-state index in [9.17, 15) is 0 Å². The van der Waals surface area contributed by atoms with Crippen LogP contribution >= 0.6 is 15.9 Å². The van der Waals surface area contributed by atoms with Crippen LogP contribution < -0.4 is 5.73 Å². The van der Waals surface area contributed by atoms with Crippen LogP contribution in [0.4, 0.5) is 5.82 Å². The van der Waals surface area contributed by atoms with Crippen LogP contribution in [0.5, 0.6) is 0 Å². The molecule has 15 heavy (non-hydrogen) atoms. The van der Waals surface area contributed by atoms with E-state index < -0.39 is 0 Å². The van der Waals surface area contributed by atoms with Crippen LogP contribution in [0.15, 0.2) is 17.0 Å². The lowest BCUT2D eigenvalue weighted by Crippen LogP contribution is -2.08. The average Bonchev–Trinajstić information content (AvgIpc) is 2.69. The maximum Gasteiger partial charge on any atom is 0.136 e. The molecule has 0 aromatic carbocycles. The lowest BCUT2D eigenvalue weighted by molar-refractivity contribution is 0.651. The van der Waals surface area contributed by atoms with Gasteiger partial charge in [-0.15, -0.1) is 0 Å². The number of halogens is 1. The monoisotopic (exact) mass is 269 g/mol. The molecule has 0 spiro atoms. The SMILES string of the molecule is Cc1nn(Cc2cncn2C)c(N)c1Br. The van der Waals surface area contributed by atoms with Gasteiger partial charge in [0.2, 0.25) is 0 Å². The zero-order valence-corrected chi connectivity index (χ0v) is 10.2. The second kappa shape index (κ2) is 3.69. The number of hydrogen-bond acceptors (Lipinski definition) is 3. The van der Waals surface area contributed by atoms with Crippen LogP contribution in [0.3, 0.4) is 0 Å². The van der Waals surface area contributed by atoms with Gasteiger partial charge in [-0.1, -0.05) is 0 Å². The van der Waals surface area contributed by atoms with Crippen LogP contribution in [0.2, 0.25) is 0 Å². The molecule has 5 nitrogen and oxygen atoms in total. The summed E-state index contributed by atoms with van der Waals surface area (Å²) in [5.74, 6) is 0.647. The van der Waals surface area contributed by atoms with Crippen LogP contribution in [-0.2, 0) is 13.6 Å². The predicted molar refractivity (Wildman–Crippen MR) is 61.4 cm³/mol. The molecule has 2 N–H and O–H groups in total. The van der Waals surface area contributed by atoms with Gasteiger partial charge in [0.25, 0.3) is 0 Å². The number of imidazole rings is 1. The highest BCUT2D eigenvalue weighted by atomic mass is 79.9. The summed E-state index contributed by atoms with van der Waals surface area (Å²) in [4.78, 5) is 4.05. The summed E-state index contributed by atoms with van der Waals surface area (Å²) in [7, 11) is 1.95. The Balaban J connectivity index is 2.33. The third kappa shape index (κ3) is 1.77. The van der Waals surface area contributed by atoms with Gasteiger partial charge in [0.15, 0.2) is 0 Å². The van der Waals surface area contributed by atoms with E-state index in [4.69, 9.17) is 5.73 Å². The van der Waals surface area contributed by atoms with Crippen LogP contribution in [0.1, 0.15) is 11.4 Å². The number of aryl methyl sites for hydroxylation is 2. The summed E-state index contributed by atoms with van der Waals surface area (Å²) < 4.78 is 4.57. The van der Waals surface area contributed by atoms with Gasteiger partial charge in [-0.2, -0.15) is 5.10 Å². The van der Waals surface area contributed by atoms with Crippen molar-refractivity contribution >= 4 is 21.7 Å². The van der Waals surface area contributed by atoms with Crippen molar-refractivity contribution in [2.75, 3.05) is 5.73 Å². The van der Waals surface area contributed by atoms with Gasteiger partial charge < -0.3 is 10.3 Å². The molecule has 2 rings (SSSR count). The molecule has 0 fully saturated rings. The third-order valence-electron chi connectivity index (χ3n) is 2.32. The molecule has 2 aromatic rings. The van der Waals surface area contributed by atoms with E-state index in [-0.39, 0.29) is 0 Å². The summed E-state index contributed by atoms with van der Waals surface area (Å²) in [6, 6.07) is 0. The Kier molecular flexibility index (Phi) is 2.52. The van der Waals surface area contributed by atoms with Gasteiger partial charge in [-0.3, -0.25) is 0 Å². The molecular formula is C9H12BrN5. The fourth-order valence-electron chi connectivity index (χ4n) is 1.39. The molecule has 2 heterocycles. The first-order valence-corrected chi connectivity index (χ1v) is 5.32. The van der Waals surface area contributed by atoms with Crippen molar-refractivity contribution < 1.29 is 0 Å². The first-order chi connectivity index (χ1) is 7.09. The summed E-state index contributed by atoms with van der Waals surface area (Å²) in [6.07, 6.45) is 3.57. The Morgan fingerprint density at radius 1 is 1.53 bits per heavy atom. The zero-order chi connectivity index (χ0) is 11.0. The number of nitrogens with zero attached hydrogens (tertiary/aromatic N) is 4. The van der Waals surface area contributed by atoms with Gasteiger partial charge in [-0.25, -0.2) is 9.67 Å². The van der Waals surface area contributed by atoms with Crippen molar-refractivity contribution in [1.29, 1.82) is 0 Å². The second-order valence-corrected chi connectivity index (χ2v) is 4.23. The van der Waals surface area contributed by atoms with Gasteiger partial charge >= 0.3 is 0 Å². The molecule has 6 heteroatoms. The largest absolute Gasteiger partial charge is 0.383 e. The first-order valence-electron chi connectivity index (χ1n) is 4.53. The molecule has 0 aliphatic carbocycles. The maximum atomic E-state index is 5.89. The Hall–Kier alpha value is -1.30. The van der Waals surface area contributed by atoms with Crippen LogP contribution in [0.25, 0.3) is 0 Å². The molecule has 0 bridgehead atoms. The molecule has 0 atom stereocenters. The van der Waals surface area contributed by atoms with Gasteiger partial charge in [-0.05, 0) is 22.9 Å². The highest BCUT2D eigenvalue weighted by Gasteiger charge is 2.10. The van der Waals surface area contributed by atoms with E-state index in [2.05, 4.69) is 26.0 Å². The molecule has 0 aliphatic rings. The molecule has 2 aromatic heterocycles. The van der Waals surface area contributed by atoms with E-state index in [0.717, 1.165) is 15.9 Å². The number of rotatable bonds is 2. The molecule has 0 saturated heterocycles. The topological polar surface area (TPSA) is 61.7 Å². The molecule has 0 radical (unpaired) electrons. The fourth-order valence-corrected chi connectivity index (χ4v) is 1.67. The van der Waals surface area contributed by atoms with Crippen LogP contribution in [-0.4, -0.2) is 19.3 Å². The maximum absolute atomic E-state index is 5.89. The van der Waals surface area contributed by atoms with E-state index in [1.165, 1.54) is 0 Å². The van der Waals surface area contributed by atoms with E-state index in [1.807, 2.05) is 24.7 Å². The van der Waals surface area contributed by atoms with Crippen molar-refractivity contribution in [3.05, 3.63) is 28.4 Å². The lowest BCUT2D eigenvalue weighted by Gasteiger charge is -2.04. The summed E-state index contributed by atoms with van der Waals surface area (Å²) >= 11 is 3.39. The molecular weight excluding hydrogens is 258 g/mol. The van der Waals surface area contributed by atoms with E-state index >= 15 is 0 Å². The highest BCUT2D eigenvalue weighted by molar-refractivity contribution is 9.10. The summed E-state index contributed by atoms with van der Waals surface area (Å²) in [5, 5.41) is 4.33. The molecule has 0 amide bonds. The summed E-state index contributed by atoms with van der Waals surface area (Å²) in [5.41, 5.74) is 7.86. The molecule has 80 valence electrons. The van der Waals surface area contributed by atoms with Crippen molar-refractivity contribution in [1.82, 2.24) is 19.3 Å². The molecule has 0 aliphatic heterocycles. The zero-order valence-electron chi connectivity index (χ0n) is 8.61. The normalized spacial score (nSPS) is 10.9. The average molecular weight is 270 g/mol. The standard InChI is InChI=1S/C9H12BrN5/c1-6-8(10)9(11)15(13-6)4-7-3-12-5-14(7)2/h3,5H,4,11H2,1-2H3. The quantitative estimate of drug-likeness (QED) is 0.895. The number of aromatic nitrogens is 4. The summed E-state index contributed by atoms with van der Waals surface area (Å²) in [6.45, 7) is 2.55. The number of hydrogen-bond donors (Lipinski definition) is 1. The fraction of sp³-hybridized carbons (Fsp3) is 0.333. The van der Waals surface area contributed by atoms with Crippen molar-refractivity contribution in [2.24, 2.45) is 7.05 Å². The predicted octanol–water partition coefficient (Wildman–Crippen LogP) is 1.32. The van der Waals surface area contributed by atoms with Crippen molar-refractivity contribution in [3.8, 4) is 0 Å². The highest BCUT2D eigenvalue weighted by Crippen LogP contribution is 2.23. The lowest BCUT2D eigenvalue weighted by atomic mass is 10.4. The van der Waals surface area contributed by atoms with Crippen molar-refractivity contribution in [2.45, 2.75) is 13.5 Å². The molecule has 0 saturated carbocycles. The Labute approximate surface area is 96.0 Å². The number of nitrogens with two attached hydrogens (primary N) is 1. The Morgan fingerprint density at radius 2 is 2.27 bits per heavy atom. The molecule has 0 unspecified atom stereocenters. The Bertz CT molecular complexity index is 485. The first kappa shape index (κ1) is 10.2. The van der Waals surface area contributed by atoms with Gasteiger partial charge in [0, 0.05) is 7.05 Å². The minimum atomic E-state index is 0.634. The number of anilines is 1. The van der Waals surface area contributed by atoms with E-state index in [0.29, 0.717) is 12.4 Å². The minimum absolute atomic E-state index is 0.634. The smallest absolute Gasteiger partial charge is 0.136 e. The van der Waals surface area contributed by atoms with Crippen molar-refractivity contribution in [3.63, 3.8) is 0 Å². The number of nitrogen functional groups attached to an aromatic ring is 1. The van der Waals surface area contributed by atoms with Crippen LogP contribution in [0, 0.1) is 6.92 Å². The minimum Gasteiger partial charge on any atom is -0.383 e.